The molecule has 0 unspecified atom stereocenters. The van der Waals surface area contributed by atoms with Crippen molar-refractivity contribution in [2.75, 3.05) is 33.3 Å². The summed E-state index contributed by atoms with van der Waals surface area (Å²) >= 11 is 1.58. The second-order valence-corrected chi connectivity index (χ2v) is 8.02. The lowest BCUT2D eigenvalue weighted by molar-refractivity contribution is -0.120. The van der Waals surface area contributed by atoms with Crippen LogP contribution < -0.4 is 10.1 Å². The number of hydrogen-bond acceptors (Lipinski definition) is 4. The van der Waals surface area contributed by atoms with Crippen LogP contribution in [-0.4, -0.2) is 49.3 Å². The molecule has 0 radical (unpaired) electrons. The molecule has 4 nitrogen and oxygen atoms in total. The fourth-order valence-corrected chi connectivity index (χ4v) is 3.75. The van der Waals surface area contributed by atoms with Crippen molar-refractivity contribution in [3.63, 3.8) is 0 Å². The maximum absolute atomic E-state index is 12.2. The van der Waals surface area contributed by atoms with E-state index in [0.717, 1.165) is 36.1 Å². The Kier molecular flexibility index (Phi) is 7.92. The van der Waals surface area contributed by atoms with E-state index in [1.165, 1.54) is 25.9 Å². The molecule has 0 aliphatic carbocycles. The Morgan fingerprint density at radius 1 is 1.33 bits per heavy atom. The SMILES string of the molecule is COc1ccc(S[C@H](C)C(=O)NCCCN2CCC(C)CC2)cc1. The van der Waals surface area contributed by atoms with E-state index >= 15 is 0 Å². The molecule has 1 N–H and O–H groups in total. The molecule has 1 aromatic rings. The van der Waals surface area contributed by atoms with Gasteiger partial charge < -0.3 is 15.0 Å². The van der Waals surface area contributed by atoms with Crippen molar-refractivity contribution in [1.82, 2.24) is 10.2 Å². The fraction of sp³-hybridized carbons (Fsp3) is 0.632. The Hall–Kier alpha value is -1.20. The molecule has 1 amide bonds. The summed E-state index contributed by atoms with van der Waals surface area (Å²) in [6.45, 7) is 8.55. The summed E-state index contributed by atoms with van der Waals surface area (Å²) in [5, 5.41) is 2.97. The number of thioether (sulfide) groups is 1. The zero-order valence-electron chi connectivity index (χ0n) is 15.1. The minimum atomic E-state index is -0.0887. The number of hydrogen-bond donors (Lipinski definition) is 1. The molecule has 1 atom stereocenters. The van der Waals surface area contributed by atoms with E-state index in [-0.39, 0.29) is 11.2 Å². The number of ether oxygens (including phenoxy) is 1. The molecule has 1 aliphatic rings. The molecule has 134 valence electrons. The molecular formula is C19H30N2O2S. The van der Waals surface area contributed by atoms with Gasteiger partial charge in [0, 0.05) is 11.4 Å². The van der Waals surface area contributed by atoms with Gasteiger partial charge in [-0.25, -0.2) is 0 Å². The normalized spacial score (nSPS) is 17.5. The number of piperidine rings is 1. The van der Waals surface area contributed by atoms with Crippen molar-refractivity contribution in [3.8, 4) is 5.75 Å². The van der Waals surface area contributed by atoms with Gasteiger partial charge >= 0.3 is 0 Å². The number of carbonyl (C=O) groups excluding carboxylic acids is 1. The van der Waals surface area contributed by atoms with Crippen molar-refractivity contribution in [2.24, 2.45) is 5.92 Å². The third-order valence-electron chi connectivity index (χ3n) is 4.57. The molecule has 0 saturated carbocycles. The average molecular weight is 351 g/mol. The third kappa shape index (κ3) is 6.36. The number of amides is 1. The second kappa shape index (κ2) is 9.94. The molecule has 0 bridgehead atoms. The summed E-state index contributed by atoms with van der Waals surface area (Å²) in [4.78, 5) is 15.8. The summed E-state index contributed by atoms with van der Waals surface area (Å²) in [5.41, 5.74) is 0. The van der Waals surface area contributed by atoms with Gasteiger partial charge in [0.2, 0.25) is 5.91 Å². The predicted molar refractivity (Wildman–Crippen MR) is 101 cm³/mol. The topological polar surface area (TPSA) is 41.6 Å². The van der Waals surface area contributed by atoms with Gasteiger partial charge in [0.1, 0.15) is 5.75 Å². The van der Waals surface area contributed by atoms with Crippen molar-refractivity contribution in [1.29, 1.82) is 0 Å². The molecule has 1 aromatic carbocycles. The van der Waals surface area contributed by atoms with Crippen molar-refractivity contribution < 1.29 is 9.53 Å². The molecule has 1 heterocycles. The number of benzene rings is 1. The number of rotatable bonds is 8. The standard InChI is InChI=1S/C19H30N2O2S/c1-15-9-13-21(14-10-15)12-4-11-20-19(22)16(2)24-18-7-5-17(23-3)6-8-18/h5-8,15-16H,4,9-14H2,1-3H3,(H,20,22)/t16-/m1/s1. The summed E-state index contributed by atoms with van der Waals surface area (Å²) in [6.07, 6.45) is 3.64. The maximum atomic E-state index is 12.2. The highest BCUT2D eigenvalue weighted by molar-refractivity contribution is 8.00. The first kappa shape index (κ1) is 19.1. The van der Waals surface area contributed by atoms with Crippen LogP contribution in [0, 0.1) is 5.92 Å². The quantitative estimate of drug-likeness (QED) is 0.576. The molecule has 1 saturated heterocycles. The number of likely N-dealkylation sites (tertiary alicyclic amines) is 1. The first-order valence-electron chi connectivity index (χ1n) is 8.89. The van der Waals surface area contributed by atoms with Crippen molar-refractivity contribution in [3.05, 3.63) is 24.3 Å². The lowest BCUT2D eigenvalue weighted by atomic mass is 9.99. The fourth-order valence-electron chi connectivity index (χ4n) is 2.86. The third-order valence-corrected chi connectivity index (χ3v) is 5.68. The number of nitrogens with one attached hydrogen (secondary N) is 1. The average Bonchev–Trinajstić information content (AvgIpc) is 2.60. The lowest BCUT2D eigenvalue weighted by Crippen LogP contribution is -2.36. The Morgan fingerprint density at radius 3 is 2.62 bits per heavy atom. The van der Waals surface area contributed by atoms with E-state index in [1.54, 1.807) is 18.9 Å². The highest BCUT2D eigenvalue weighted by Gasteiger charge is 2.16. The van der Waals surface area contributed by atoms with Gasteiger partial charge in [0.25, 0.3) is 0 Å². The number of nitrogens with zero attached hydrogens (tertiary/aromatic N) is 1. The van der Waals surface area contributed by atoms with E-state index in [2.05, 4.69) is 17.1 Å². The van der Waals surface area contributed by atoms with Crippen molar-refractivity contribution in [2.45, 2.75) is 43.3 Å². The minimum absolute atomic E-state index is 0.0887. The second-order valence-electron chi connectivity index (χ2n) is 6.60. The van der Waals surface area contributed by atoms with E-state index in [9.17, 15) is 4.79 Å². The summed E-state index contributed by atoms with van der Waals surface area (Å²) in [6, 6.07) is 7.83. The number of methoxy groups -OCH3 is 1. The van der Waals surface area contributed by atoms with Gasteiger partial charge in [0.15, 0.2) is 0 Å². The largest absolute Gasteiger partial charge is 0.497 e. The van der Waals surface area contributed by atoms with Gasteiger partial charge in [-0.3, -0.25) is 4.79 Å². The zero-order valence-corrected chi connectivity index (χ0v) is 15.9. The van der Waals surface area contributed by atoms with E-state index in [0.29, 0.717) is 0 Å². The van der Waals surface area contributed by atoms with Crippen LogP contribution in [0.2, 0.25) is 0 Å². The van der Waals surface area contributed by atoms with Crippen LogP contribution in [0.3, 0.4) is 0 Å². The Balaban J connectivity index is 1.62. The molecular weight excluding hydrogens is 320 g/mol. The van der Waals surface area contributed by atoms with E-state index in [4.69, 9.17) is 4.74 Å². The minimum Gasteiger partial charge on any atom is -0.497 e. The van der Waals surface area contributed by atoms with Crippen LogP contribution in [0.4, 0.5) is 0 Å². The summed E-state index contributed by atoms with van der Waals surface area (Å²) < 4.78 is 5.15. The van der Waals surface area contributed by atoms with E-state index < -0.39 is 0 Å². The van der Waals surface area contributed by atoms with Crippen LogP contribution in [0.1, 0.15) is 33.1 Å². The maximum Gasteiger partial charge on any atom is 0.233 e. The molecule has 0 spiro atoms. The van der Waals surface area contributed by atoms with Gasteiger partial charge in [-0.2, -0.15) is 0 Å². The number of carbonyl (C=O) groups is 1. The predicted octanol–water partition coefficient (Wildman–Crippen LogP) is 3.41. The highest BCUT2D eigenvalue weighted by atomic mass is 32.2. The summed E-state index contributed by atoms with van der Waals surface area (Å²) in [7, 11) is 1.66. The van der Waals surface area contributed by atoms with Crippen molar-refractivity contribution >= 4 is 17.7 Å². The van der Waals surface area contributed by atoms with E-state index in [1.807, 2.05) is 31.2 Å². The molecule has 0 aromatic heterocycles. The lowest BCUT2D eigenvalue weighted by Gasteiger charge is -2.30. The Morgan fingerprint density at radius 2 is 2.00 bits per heavy atom. The smallest absolute Gasteiger partial charge is 0.233 e. The molecule has 1 fully saturated rings. The molecule has 24 heavy (non-hydrogen) atoms. The van der Waals surface area contributed by atoms with Gasteiger partial charge in [-0.15, -0.1) is 11.8 Å². The highest BCUT2D eigenvalue weighted by Crippen LogP contribution is 2.25. The van der Waals surface area contributed by atoms with Crippen LogP contribution in [0.5, 0.6) is 5.75 Å². The van der Waals surface area contributed by atoms with Gasteiger partial charge in [0.05, 0.1) is 12.4 Å². The Bertz CT molecular complexity index is 499. The first-order chi connectivity index (χ1) is 11.6. The summed E-state index contributed by atoms with van der Waals surface area (Å²) in [5.74, 6) is 1.82. The Labute approximate surface area is 150 Å². The molecule has 5 heteroatoms. The van der Waals surface area contributed by atoms with Crippen LogP contribution >= 0.6 is 11.8 Å². The van der Waals surface area contributed by atoms with Gasteiger partial charge in [-0.1, -0.05) is 6.92 Å². The monoisotopic (exact) mass is 350 g/mol. The van der Waals surface area contributed by atoms with Gasteiger partial charge in [-0.05, 0) is 76.0 Å². The van der Waals surface area contributed by atoms with Crippen LogP contribution in [0.25, 0.3) is 0 Å². The van der Waals surface area contributed by atoms with Crippen LogP contribution in [-0.2, 0) is 4.79 Å². The molecule has 2 rings (SSSR count). The first-order valence-corrected chi connectivity index (χ1v) is 9.77. The molecule has 1 aliphatic heterocycles. The van der Waals surface area contributed by atoms with Crippen LogP contribution in [0.15, 0.2) is 29.2 Å². The zero-order chi connectivity index (χ0) is 17.4.